The predicted octanol–water partition coefficient (Wildman–Crippen LogP) is 2.70. The van der Waals surface area contributed by atoms with Gasteiger partial charge in [0.1, 0.15) is 0 Å². The lowest BCUT2D eigenvalue weighted by atomic mass is 10.0. The van der Waals surface area contributed by atoms with E-state index in [9.17, 15) is 9.90 Å². The van der Waals surface area contributed by atoms with Crippen LogP contribution in [0.25, 0.3) is 16.6 Å². The monoisotopic (exact) mass is 238 g/mol. The van der Waals surface area contributed by atoms with Crippen molar-refractivity contribution in [1.82, 2.24) is 9.61 Å². The third-order valence-electron chi connectivity index (χ3n) is 2.81. The lowest BCUT2D eigenvalue weighted by molar-refractivity contribution is 0.0691. The van der Waals surface area contributed by atoms with Gasteiger partial charge in [-0.2, -0.15) is 5.10 Å². The number of benzene rings is 1. The maximum absolute atomic E-state index is 11.3. The number of carbonyl (C=O) groups is 1. The second kappa shape index (κ2) is 4.00. The Kier molecular flexibility index (Phi) is 2.34. The van der Waals surface area contributed by atoms with E-state index in [1.165, 1.54) is 0 Å². The topological polar surface area (TPSA) is 54.6 Å². The van der Waals surface area contributed by atoms with E-state index in [4.69, 9.17) is 0 Å². The Morgan fingerprint density at radius 2 is 1.78 bits per heavy atom. The maximum atomic E-state index is 11.3. The highest BCUT2D eigenvalue weighted by Crippen LogP contribution is 2.28. The first kappa shape index (κ1) is 10.5. The Balaban J connectivity index is 2.38. The van der Waals surface area contributed by atoms with E-state index in [2.05, 4.69) is 5.10 Å². The highest BCUT2D eigenvalue weighted by Gasteiger charge is 2.19. The third-order valence-corrected chi connectivity index (χ3v) is 2.81. The molecule has 0 atom stereocenters. The molecule has 0 amide bonds. The van der Waals surface area contributed by atoms with Gasteiger partial charge in [-0.1, -0.05) is 36.4 Å². The number of nitrogens with zero attached hydrogens (tertiary/aromatic N) is 2. The number of fused-ring (bicyclic) bond motifs is 1. The van der Waals surface area contributed by atoms with Gasteiger partial charge in [-0.3, -0.25) is 0 Å². The number of hydrogen-bond donors (Lipinski definition) is 1. The molecule has 4 heteroatoms. The summed E-state index contributed by atoms with van der Waals surface area (Å²) in [6.07, 6.45) is 1.74. The molecule has 0 radical (unpaired) electrons. The maximum Gasteiger partial charge on any atom is 0.357 e. The number of rotatable bonds is 2. The fourth-order valence-corrected chi connectivity index (χ4v) is 2.04. The Hall–Kier alpha value is -2.62. The summed E-state index contributed by atoms with van der Waals surface area (Å²) < 4.78 is 1.59. The van der Waals surface area contributed by atoms with Crippen LogP contribution in [0.15, 0.2) is 54.7 Å². The molecule has 0 unspecified atom stereocenters. The molecule has 4 nitrogen and oxygen atoms in total. The van der Waals surface area contributed by atoms with E-state index < -0.39 is 5.97 Å². The molecule has 0 bridgehead atoms. The van der Waals surface area contributed by atoms with Gasteiger partial charge in [0.25, 0.3) is 0 Å². The van der Waals surface area contributed by atoms with Crippen molar-refractivity contribution < 1.29 is 9.90 Å². The molecule has 0 aliphatic rings. The summed E-state index contributed by atoms with van der Waals surface area (Å²) in [5, 5.41) is 13.4. The summed E-state index contributed by atoms with van der Waals surface area (Å²) in [5.74, 6) is -1.02. The lowest BCUT2D eigenvalue weighted by Gasteiger charge is -2.00. The Bertz CT molecular complexity index is 717. The van der Waals surface area contributed by atoms with Gasteiger partial charge < -0.3 is 5.11 Å². The average Bonchev–Trinajstić information content (AvgIpc) is 2.79. The normalized spacial score (nSPS) is 10.7. The molecular weight excluding hydrogens is 228 g/mol. The molecule has 3 aromatic rings. The molecule has 3 rings (SSSR count). The van der Waals surface area contributed by atoms with Gasteiger partial charge >= 0.3 is 5.97 Å². The van der Waals surface area contributed by atoms with Gasteiger partial charge in [0.15, 0.2) is 5.69 Å². The molecule has 0 aliphatic carbocycles. The Morgan fingerprint density at radius 3 is 2.50 bits per heavy atom. The van der Waals surface area contributed by atoms with Gasteiger partial charge in [0.2, 0.25) is 0 Å². The molecule has 1 aromatic carbocycles. The highest BCUT2D eigenvalue weighted by molar-refractivity contribution is 5.99. The van der Waals surface area contributed by atoms with Crippen LogP contribution in [-0.2, 0) is 0 Å². The van der Waals surface area contributed by atoms with E-state index >= 15 is 0 Å². The van der Waals surface area contributed by atoms with Crippen molar-refractivity contribution >= 4 is 11.5 Å². The van der Waals surface area contributed by atoms with Gasteiger partial charge in [-0.25, -0.2) is 9.31 Å². The Labute approximate surface area is 103 Å². The Morgan fingerprint density at radius 1 is 1.06 bits per heavy atom. The molecule has 0 saturated heterocycles. The number of pyridine rings is 1. The molecule has 18 heavy (non-hydrogen) atoms. The van der Waals surface area contributed by atoms with Crippen LogP contribution < -0.4 is 0 Å². The van der Waals surface area contributed by atoms with Crippen molar-refractivity contribution in [2.24, 2.45) is 0 Å². The van der Waals surface area contributed by atoms with Crippen molar-refractivity contribution in [2.45, 2.75) is 0 Å². The summed E-state index contributed by atoms with van der Waals surface area (Å²) >= 11 is 0. The fraction of sp³-hybridized carbons (Fsp3) is 0. The van der Waals surface area contributed by atoms with E-state index in [-0.39, 0.29) is 5.69 Å². The zero-order valence-electron chi connectivity index (χ0n) is 9.45. The number of aromatic nitrogens is 2. The molecule has 2 aromatic heterocycles. The zero-order chi connectivity index (χ0) is 12.5. The van der Waals surface area contributed by atoms with E-state index in [0.717, 1.165) is 11.1 Å². The van der Waals surface area contributed by atoms with Crippen molar-refractivity contribution in [3.63, 3.8) is 0 Å². The van der Waals surface area contributed by atoms with Crippen LogP contribution in [0.3, 0.4) is 0 Å². The highest BCUT2D eigenvalue weighted by atomic mass is 16.4. The smallest absolute Gasteiger partial charge is 0.357 e. The van der Waals surface area contributed by atoms with Crippen LogP contribution in [0, 0.1) is 0 Å². The number of hydrogen-bond acceptors (Lipinski definition) is 2. The summed E-state index contributed by atoms with van der Waals surface area (Å²) in [5.41, 5.74) is 2.38. The van der Waals surface area contributed by atoms with Crippen molar-refractivity contribution in [1.29, 1.82) is 0 Å². The largest absolute Gasteiger partial charge is 0.476 e. The van der Waals surface area contributed by atoms with E-state index in [1.54, 1.807) is 10.7 Å². The summed E-state index contributed by atoms with van der Waals surface area (Å²) in [7, 11) is 0. The second-order valence-electron chi connectivity index (χ2n) is 3.93. The van der Waals surface area contributed by atoms with Crippen LogP contribution in [0.1, 0.15) is 10.5 Å². The van der Waals surface area contributed by atoms with Crippen LogP contribution in [0.4, 0.5) is 0 Å². The molecule has 1 N–H and O–H groups in total. The second-order valence-corrected chi connectivity index (χ2v) is 3.93. The SMILES string of the molecule is O=C(O)c1nn2ccccc2c1-c1ccccc1. The number of aromatic carboxylic acids is 1. The van der Waals surface area contributed by atoms with Crippen LogP contribution in [-0.4, -0.2) is 20.7 Å². The van der Waals surface area contributed by atoms with E-state index in [1.807, 2.05) is 48.5 Å². The molecule has 88 valence electrons. The first-order valence-corrected chi connectivity index (χ1v) is 5.53. The number of carboxylic acid groups (broad SMARTS) is 1. The van der Waals surface area contributed by atoms with Crippen LogP contribution in [0.5, 0.6) is 0 Å². The minimum Gasteiger partial charge on any atom is -0.476 e. The quantitative estimate of drug-likeness (QED) is 0.746. The van der Waals surface area contributed by atoms with Crippen molar-refractivity contribution in [2.75, 3.05) is 0 Å². The van der Waals surface area contributed by atoms with Crippen LogP contribution >= 0.6 is 0 Å². The first-order valence-electron chi connectivity index (χ1n) is 5.53. The minimum absolute atomic E-state index is 0.0763. The van der Waals surface area contributed by atoms with E-state index in [0.29, 0.717) is 5.56 Å². The predicted molar refractivity (Wildman–Crippen MR) is 67.6 cm³/mol. The molecule has 2 heterocycles. The third kappa shape index (κ3) is 1.55. The van der Waals surface area contributed by atoms with Gasteiger partial charge in [-0.15, -0.1) is 0 Å². The fourth-order valence-electron chi connectivity index (χ4n) is 2.04. The molecule has 0 fully saturated rings. The summed E-state index contributed by atoms with van der Waals surface area (Å²) in [6.45, 7) is 0. The lowest BCUT2D eigenvalue weighted by Crippen LogP contribution is -1.99. The standard InChI is InChI=1S/C14H10N2O2/c17-14(18)13-12(10-6-2-1-3-7-10)11-8-4-5-9-16(11)15-13/h1-9H,(H,17,18). The zero-order valence-corrected chi connectivity index (χ0v) is 9.45. The van der Waals surface area contributed by atoms with Gasteiger partial charge in [-0.05, 0) is 17.7 Å². The van der Waals surface area contributed by atoms with Crippen LogP contribution in [0.2, 0.25) is 0 Å². The van der Waals surface area contributed by atoms with Gasteiger partial charge in [0.05, 0.1) is 5.52 Å². The summed E-state index contributed by atoms with van der Waals surface area (Å²) in [4.78, 5) is 11.3. The van der Waals surface area contributed by atoms with Crippen molar-refractivity contribution in [3.05, 3.63) is 60.4 Å². The van der Waals surface area contributed by atoms with Gasteiger partial charge in [0, 0.05) is 11.8 Å². The molecule has 0 spiro atoms. The molecule has 0 saturated carbocycles. The van der Waals surface area contributed by atoms with Crippen molar-refractivity contribution in [3.8, 4) is 11.1 Å². The average molecular weight is 238 g/mol. The number of carboxylic acids is 1. The minimum atomic E-state index is -1.02. The molecule has 0 aliphatic heterocycles. The summed E-state index contributed by atoms with van der Waals surface area (Å²) in [6, 6.07) is 15.0. The first-order chi connectivity index (χ1) is 8.77. The molecular formula is C14H10N2O2.